The van der Waals surface area contributed by atoms with Gasteiger partial charge >= 0.3 is 7.48 Å². The molecule has 1 N–H and O–H groups in total. The van der Waals surface area contributed by atoms with Crippen LogP contribution in [0.1, 0.15) is 0 Å². The van der Waals surface area contributed by atoms with Crippen LogP contribution in [0.4, 0.5) is 4.39 Å². The monoisotopic (exact) mass is 124 g/mol. The van der Waals surface area contributed by atoms with Gasteiger partial charge in [-0.05, 0) is 11.5 Å². The fourth-order valence-corrected chi connectivity index (χ4v) is 0.499. The Morgan fingerprint density at radius 3 is 2.78 bits per heavy atom. The number of hydrogen-bond acceptors (Lipinski definition) is 2. The van der Waals surface area contributed by atoms with Gasteiger partial charge in [-0.2, -0.15) is 0 Å². The summed E-state index contributed by atoms with van der Waals surface area (Å²) in [5, 5.41) is 8.33. The first kappa shape index (κ1) is 6.23. The minimum absolute atomic E-state index is 0.370. The SMILES string of the molecule is O[B]c1cncc(F)c1. The van der Waals surface area contributed by atoms with Crippen LogP contribution < -0.4 is 5.46 Å². The molecule has 0 aliphatic heterocycles. The van der Waals surface area contributed by atoms with E-state index in [0.29, 0.717) is 5.46 Å². The molecular formula is C5H4BFNO. The van der Waals surface area contributed by atoms with Crippen molar-refractivity contribution in [2.75, 3.05) is 0 Å². The maximum atomic E-state index is 12.2. The van der Waals surface area contributed by atoms with Gasteiger partial charge in [0.25, 0.3) is 0 Å². The van der Waals surface area contributed by atoms with E-state index in [2.05, 4.69) is 4.98 Å². The highest BCUT2D eigenvalue weighted by Crippen LogP contribution is 1.86. The zero-order valence-electron chi connectivity index (χ0n) is 4.58. The Kier molecular flexibility index (Phi) is 1.79. The Bertz CT molecular complexity index is 206. The summed E-state index contributed by atoms with van der Waals surface area (Å²) in [6.45, 7) is 0. The molecule has 0 aromatic carbocycles. The van der Waals surface area contributed by atoms with Gasteiger partial charge in [0.2, 0.25) is 0 Å². The Morgan fingerprint density at radius 2 is 2.33 bits per heavy atom. The normalized spacial score (nSPS) is 9.11. The average molecular weight is 124 g/mol. The summed E-state index contributed by atoms with van der Waals surface area (Å²) in [6.07, 6.45) is 2.44. The summed E-state index contributed by atoms with van der Waals surface area (Å²) in [5.41, 5.74) is 0.370. The molecule has 0 spiro atoms. The molecule has 0 saturated heterocycles. The molecule has 0 aliphatic carbocycles. The third-order valence-corrected chi connectivity index (χ3v) is 0.875. The fourth-order valence-electron chi connectivity index (χ4n) is 0.499. The van der Waals surface area contributed by atoms with E-state index in [1.807, 2.05) is 0 Å². The third kappa shape index (κ3) is 1.50. The Labute approximate surface area is 52.6 Å². The molecule has 1 rings (SSSR count). The van der Waals surface area contributed by atoms with E-state index in [0.717, 1.165) is 13.7 Å². The van der Waals surface area contributed by atoms with Gasteiger partial charge in [-0.25, -0.2) is 4.39 Å². The molecule has 45 valence electrons. The lowest BCUT2D eigenvalue weighted by atomic mass is 9.91. The zero-order chi connectivity index (χ0) is 6.69. The van der Waals surface area contributed by atoms with Gasteiger partial charge in [-0.1, -0.05) is 0 Å². The van der Waals surface area contributed by atoms with Gasteiger partial charge in [0, 0.05) is 6.20 Å². The first-order chi connectivity index (χ1) is 4.33. The van der Waals surface area contributed by atoms with Crippen LogP contribution >= 0.6 is 0 Å². The molecule has 1 radical (unpaired) electrons. The van der Waals surface area contributed by atoms with Crippen LogP contribution in [-0.4, -0.2) is 17.5 Å². The van der Waals surface area contributed by atoms with Crippen molar-refractivity contribution in [1.82, 2.24) is 4.98 Å². The van der Waals surface area contributed by atoms with Crippen molar-refractivity contribution in [3.05, 3.63) is 24.3 Å². The maximum absolute atomic E-state index is 12.2. The quantitative estimate of drug-likeness (QED) is 0.510. The van der Waals surface area contributed by atoms with Gasteiger partial charge in [-0.15, -0.1) is 0 Å². The predicted molar refractivity (Wildman–Crippen MR) is 31.8 cm³/mol. The summed E-state index contributed by atoms with van der Waals surface area (Å²) in [6, 6.07) is 1.19. The molecule has 0 fully saturated rings. The highest BCUT2D eigenvalue weighted by molar-refractivity contribution is 6.45. The standard InChI is InChI=1S/C5H4BFNO/c7-5-1-4(6-9)2-8-3-5/h1-3,9H. The molecule has 1 aromatic heterocycles. The lowest BCUT2D eigenvalue weighted by molar-refractivity contribution is 0.609. The third-order valence-electron chi connectivity index (χ3n) is 0.875. The van der Waals surface area contributed by atoms with E-state index in [9.17, 15) is 4.39 Å². The zero-order valence-corrected chi connectivity index (χ0v) is 4.58. The second-order valence-corrected chi connectivity index (χ2v) is 1.57. The summed E-state index contributed by atoms with van der Waals surface area (Å²) in [4.78, 5) is 3.49. The summed E-state index contributed by atoms with van der Waals surface area (Å²) in [7, 11) is 0.802. The topological polar surface area (TPSA) is 33.1 Å². The fraction of sp³-hybridized carbons (Fsp3) is 0. The average Bonchev–Trinajstić information content (AvgIpc) is 1.88. The predicted octanol–water partition coefficient (Wildman–Crippen LogP) is -0.543. The second kappa shape index (κ2) is 2.59. The molecule has 0 aliphatic rings. The van der Waals surface area contributed by atoms with Crippen molar-refractivity contribution in [2.45, 2.75) is 0 Å². The van der Waals surface area contributed by atoms with Crippen LogP contribution in [0.25, 0.3) is 0 Å². The molecular weight excluding hydrogens is 120 g/mol. The summed E-state index contributed by atoms with van der Waals surface area (Å²) >= 11 is 0. The summed E-state index contributed by atoms with van der Waals surface area (Å²) < 4.78 is 12.2. The highest BCUT2D eigenvalue weighted by Gasteiger charge is 1.93. The first-order valence-electron chi connectivity index (χ1n) is 2.41. The van der Waals surface area contributed by atoms with Crippen molar-refractivity contribution in [1.29, 1.82) is 0 Å². The van der Waals surface area contributed by atoms with Gasteiger partial charge < -0.3 is 5.02 Å². The lowest BCUT2D eigenvalue weighted by Crippen LogP contribution is -2.13. The van der Waals surface area contributed by atoms with Crippen molar-refractivity contribution < 1.29 is 9.41 Å². The Balaban J connectivity index is 2.94. The van der Waals surface area contributed by atoms with Crippen LogP contribution in [0.3, 0.4) is 0 Å². The second-order valence-electron chi connectivity index (χ2n) is 1.57. The highest BCUT2D eigenvalue weighted by atomic mass is 19.1. The largest absolute Gasteiger partial charge is 0.450 e. The van der Waals surface area contributed by atoms with E-state index in [1.165, 1.54) is 12.3 Å². The number of pyridine rings is 1. The smallest absolute Gasteiger partial charge is 0.328 e. The summed E-state index contributed by atoms with van der Waals surface area (Å²) in [5.74, 6) is -0.446. The molecule has 1 aromatic rings. The van der Waals surface area contributed by atoms with E-state index in [1.54, 1.807) is 0 Å². The van der Waals surface area contributed by atoms with E-state index >= 15 is 0 Å². The lowest BCUT2D eigenvalue weighted by Gasteiger charge is -1.89. The first-order valence-corrected chi connectivity index (χ1v) is 2.41. The van der Waals surface area contributed by atoms with Crippen molar-refractivity contribution >= 4 is 12.9 Å². The molecule has 0 unspecified atom stereocenters. The molecule has 0 atom stereocenters. The van der Waals surface area contributed by atoms with Crippen LogP contribution in [0.5, 0.6) is 0 Å². The van der Waals surface area contributed by atoms with Crippen molar-refractivity contribution in [2.24, 2.45) is 0 Å². The molecule has 1 heterocycles. The minimum atomic E-state index is -0.446. The van der Waals surface area contributed by atoms with Crippen LogP contribution in [0.2, 0.25) is 0 Å². The van der Waals surface area contributed by atoms with Gasteiger partial charge in [0.15, 0.2) is 0 Å². The molecule has 4 heteroatoms. The molecule has 0 amide bonds. The van der Waals surface area contributed by atoms with Crippen LogP contribution in [0.15, 0.2) is 18.5 Å². The van der Waals surface area contributed by atoms with Crippen molar-refractivity contribution in [3.8, 4) is 0 Å². The number of hydrogen-bond donors (Lipinski definition) is 1. The maximum Gasteiger partial charge on any atom is 0.328 e. The minimum Gasteiger partial charge on any atom is -0.450 e. The van der Waals surface area contributed by atoms with Gasteiger partial charge in [0.1, 0.15) is 5.82 Å². The van der Waals surface area contributed by atoms with Crippen molar-refractivity contribution in [3.63, 3.8) is 0 Å². The Hall–Kier alpha value is -0.895. The number of rotatable bonds is 1. The molecule has 9 heavy (non-hydrogen) atoms. The van der Waals surface area contributed by atoms with E-state index < -0.39 is 5.82 Å². The molecule has 0 bridgehead atoms. The van der Waals surface area contributed by atoms with E-state index in [-0.39, 0.29) is 0 Å². The van der Waals surface area contributed by atoms with Gasteiger partial charge in [-0.3, -0.25) is 4.98 Å². The number of halogens is 1. The number of aromatic nitrogens is 1. The molecule has 0 saturated carbocycles. The van der Waals surface area contributed by atoms with Crippen LogP contribution in [-0.2, 0) is 0 Å². The Morgan fingerprint density at radius 1 is 1.56 bits per heavy atom. The molecule has 2 nitrogen and oxygen atoms in total. The van der Waals surface area contributed by atoms with Crippen LogP contribution in [0, 0.1) is 5.82 Å². The number of nitrogens with zero attached hydrogens (tertiary/aromatic N) is 1. The van der Waals surface area contributed by atoms with Gasteiger partial charge in [0.05, 0.1) is 6.20 Å². The van der Waals surface area contributed by atoms with E-state index in [4.69, 9.17) is 5.02 Å².